The highest BCUT2D eigenvalue weighted by atomic mass is 32.2. The maximum Gasteiger partial charge on any atom is 0.177 e. The molecule has 1 aromatic rings. The van der Waals surface area contributed by atoms with Gasteiger partial charge in [-0.3, -0.25) is 0 Å². The van der Waals surface area contributed by atoms with Gasteiger partial charge in [0, 0.05) is 18.6 Å². The van der Waals surface area contributed by atoms with E-state index in [-0.39, 0.29) is 9.79 Å². The number of hydrogen-bond acceptors (Lipinski definition) is 5. The summed E-state index contributed by atoms with van der Waals surface area (Å²) < 4.78 is 47.6. The fourth-order valence-corrected chi connectivity index (χ4v) is 6.45. The van der Waals surface area contributed by atoms with Gasteiger partial charge in [0.15, 0.2) is 19.7 Å². The molecular weight excluding hydrogens is 334 g/mol. The molecular formula is C16H21NO4S2. The molecule has 1 N–H and O–H groups in total. The van der Waals surface area contributed by atoms with E-state index in [0.29, 0.717) is 23.6 Å². The van der Waals surface area contributed by atoms with Crippen molar-refractivity contribution in [1.82, 2.24) is 0 Å². The number of nitrogens with one attached hydrogen (secondary N) is 1. The van der Waals surface area contributed by atoms with E-state index in [0.717, 1.165) is 24.3 Å². The van der Waals surface area contributed by atoms with Gasteiger partial charge < -0.3 is 5.32 Å². The second-order valence-electron chi connectivity index (χ2n) is 7.36. The van der Waals surface area contributed by atoms with Gasteiger partial charge in [0.1, 0.15) is 0 Å². The lowest BCUT2D eigenvalue weighted by Crippen LogP contribution is -2.15. The van der Waals surface area contributed by atoms with Crippen LogP contribution in [0.3, 0.4) is 0 Å². The smallest absolute Gasteiger partial charge is 0.177 e. The molecule has 0 spiro atoms. The number of fused-ring (bicyclic) bond motifs is 5. The van der Waals surface area contributed by atoms with Crippen molar-refractivity contribution in [3.8, 4) is 0 Å². The van der Waals surface area contributed by atoms with Crippen LogP contribution in [0.15, 0.2) is 28.0 Å². The largest absolute Gasteiger partial charge is 0.381 e. The zero-order chi connectivity index (χ0) is 16.6. The first-order valence-corrected chi connectivity index (χ1v) is 11.8. The van der Waals surface area contributed by atoms with Crippen molar-refractivity contribution < 1.29 is 16.8 Å². The molecule has 4 rings (SSSR count). The molecule has 4 atom stereocenters. The Morgan fingerprint density at radius 3 is 2.09 bits per heavy atom. The third-order valence-electron chi connectivity index (χ3n) is 5.84. The summed E-state index contributed by atoms with van der Waals surface area (Å²) in [6.07, 6.45) is 6.15. The lowest BCUT2D eigenvalue weighted by atomic mass is 10.0. The predicted molar refractivity (Wildman–Crippen MR) is 87.9 cm³/mol. The molecule has 4 unspecified atom stereocenters. The third-order valence-corrected chi connectivity index (χ3v) is 8.09. The van der Waals surface area contributed by atoms with Gasteiger partial charge in [-0.15, -0.1) is 0 Å². The summed E-state index contributed by atoms with van der Waals surface area (Å²) in [5.41, 5.74) is 0.540. The normalized spacial score (nSPS) is 35.1. The molecule has 126 valence electrons. The third kappa shape index (κ3) is 2.48. The average Bonchev–Trinajstić information content (AvgIpc) is 2.83. The molecule has 3 fully saturated rings. The van der Waals surface area contributed by atoms with Crippen molar-refractivity contribution in [3.63, 3.8) is 0 Å². The van der Waals surface area contributed by atoms with Gasteiger partial charge >= 0.3 is 0 Å². The minimum atomic E-state index is -3.50. The Hall–Kier alpha value is -1.08. The Morgan fingerprint density at radius 2 is 1.57 bits per heavy atom. The van der Waals surface area contributed by atoms with Crippen LogP contribution in [-0.4, -0.2) is 35.4 Å². The van der Waals surface area contributed by atoms with E-state index in [1.807, 2.05) is 0 Å². The van der Waals surface area contributed by atoms with Crippen molar-refractivity contribution in [1.29, 1.82) is 0 Å². The SMILES string of the molecule is CS(=O)(=O)c1ccc(NC2C3C4CCC(C4)C23)c(S(C)(=O)=O)c1. The Morgan fingerprint density at radius 1 is 0.957 bits per heavy atom. The highest BCUT2D eigenvalue weighted by Gasteiger charge is 2.65. The average molecular weight is 355 g/mol. The van der Waals surface area contributed by atoms with Crippen LogP contribution >= 0.6 is 0 Å². The molecule has 1 aromatic carbocycles. The summed E-state index contributed by atoms with van der Waals surface area (Å²) >= 11 is 0. The lowest BCUT2D eigenvalue weighted by Gasteiger charge is -2.15. The van der Waals surface area contributed by atoms with Crippen molar-refractivity contribution in [2.75, 3.05) is 17.8 Å². The van der Waals surface area contributed by atoms with E-state index < -0.39 is 19.7 Å². The molecule has 2 bridgehead atoms. The van der Waals surface area contributed by atoms with E-state index in [2.05, 4.69) is 5.32 Å². The van der Waals surface area contributed by atoms with Gasteiger partial charge in [-0.25, -0.2) is 16.8 Å². The number of anilines is 1. The first-order chi connectivity index (χ1) is 10.7. The van der Waals surface area contributed by atoms with E-state index in [1.165, 1.54) is 31.4 Å². The summed E-state index contributed by atoms with van der Waals surface area (Å²) in [4.78, 5) is 0.122. The zero-order valence-corrected chi connectivity index (χ0v) is 14.8. The number of benzene rings is 1. The van der Waals surface area contributed by atoms with Gasteiger partial charge in [-0.05, 0) is 61.1 Å². The highest BCUT2D eigenvalue weighted by molar-refractivity contribution is 7.91. The molecule has 0 heterocycles. The number of rotatable bonds is 4. The quantitative estimate of drug-likeness (QED) is 0.893. The van der Waals surface area contributed by atoms with Crippen molar-refractivity contribution in [3.05, 3.63) is 18.2 Å². The summed E-state index contributed by atoms with van der Waals surface area (Å²) in [6, 6.07) is 4.72. The van der Waals surface area contributed by atoms with Gasteiger partial charge in [-0.2, -0.15) is 0 Å². The Labute approximate surface area is 137 Å². The van der Waals surface area contributed by atoms with Crippen LogP contribution in [-0.2, 0) is 19.7 Å². The summed E-state index contributed by atoms with van der Waals surface area (Å²) in [5, 5.41) is 3.40. The van der Waals surface area contributed by atoms with Crippen LogP contribution < -0.4 is 5.32 Å². The van der Waals surface area contributed by atoms with Crippen molar-refractivity contribution >= 4 is 25.4 Å². The van der Waals surface area contributed by atoms with Crippen LogP contribution in [0, 0.1) is 23.7 Å². The van der Waals surface area contributed by atoms with E-state index in [9.17, 15) is 16.8 Å². The second-order valence-corrected chi connectivity index (χ2v) is 11.4. The predicted octanol–water partition coefficient (Wildman–Crippen LogP) is 1.95. The van der Waals surface area contributed by atoms with Gasteiger partial charge in [0.05, 0.1) is 15.5 Å². The molecule has 3 saturated carbocycles. The highest BCUT2D eigenvalue weighted by Crippen LogP contribution is 2.66. The molecule has 0 radical (unpaired) electrons. The number of sulfone groups is 2. The first-order valence-electron chi connectivity index (χ1n) is 7.97. The monoisotopic (exact) mass is 355 g/mol. The minimum absolute atomic E-state index is 0.0412. The fraction of sp³-hybridized carbons (Fsp3) is 0.625. The summed E-state index contributed by atoms with van der Waals surface area (Å²) in [5.74, 6) is 2.94. The first kappa shape index (κ1) is 15.4. The van der Waals surface area contributed by atoms with Crippen LogP contribution in [0.5, 0.6) is 0 Å². The van der Waals surface area contributed by atoms with E-state index >= 15 is 0 Å². The minimum Gasteiger partial charge on any atom is -0.381 e. The topological polar surface area (TPSA) is 80.3 Å². The molecule has 7 heteroatoms. The fourth-order valence-electron chi connectivity index (χ4n) is 4.86. The maximum absolute atomic E-state index is 12.1. The standard InChI is InChI=1S/C16H21NO4S2/c1-22(18,19)11-5-6-12(13(8-11)23(2,20)21)17-16-14-9-3-4-10(7-9)15(14)16/h5-6,8-10,14-17H,3-4,7H2,1-2H3. The molecule has 0 saturated heterocycles. The Kier molecular flexibility index (Phi) is 3.17. The summed E-state index contributed by atoms with van der Waals surface area (Å²) in [7, 11) is -6.93. The lowest BCUT2D eigenvalue weighted by molar-refractivity contribution is 0.456. The van der Waals surface area contributed by atoms with Crippen LogP contribution in [0.1, 0.15) is 19.3 Å². The maximum atomic E-state index is 12.1. The van der Waals surface area contributed by atoms with Crippen molar-refractivity contribution in [2.24, 2.45) is 23.7 Å². The van der Waals surface area contributed by atoms with Crippen LogP contribution in [0.4, 0.5) is 5.69 Å². The van der Waals surface area contributed by atoms with Gasteiger partial charge in [0.25, 0.3) is 0 Å². The van der Waals surface area contributed by atoms with Gasteiger partial charge in [0.2, 0.25) is 0 Å². The Bertz CT molecular complexity index is 859. The number of hydrogen-bond donors (Lipinski definition) is 1. The molecule has 0 aliphatic heterocycles. The van der Waals surface area contributed by atoms with Crippen LogP contribution in [0.2, 0.25) is 0 Å². The van der Waals surface area contributed by atoms with Gasteiger partial charge in [-0.1, -0.05) is 0 Å². The molecule has 5 nitrogen and oxygen atoms in total. The summed E-state index contributed by atoms with van der Waals surface area (Å²) in [6.45, 7) is 0. The molecule has 3 aliphatic rings. The van der Waals surface area contributed by atoms with Crippen molar-refractivity contribution in [2.45, 2.75) is 35.1 Å². The Balaban J connectivity index is 1.67. The van der Waals surface area contributed by atoms with Crippen LogP contribution in [0.25, 0.3) is 0 Å². The van der Waals surface area contributed by atoms with E-state index in [1.54, 1.807) is 6.07 Å². The molecule has 0 amide bonds. The van der Waals surface area contributed by atoms with E-state index in [4.69, 9.17) is 0 Å². The molecule has 0 aromatic heterocycles. The molecule has 23 heavy (non-hydrogen) atoms. The molecule has 3 aliphatic carbocycles. The second kappa shape index (κ2) is 4.72. The zero-order valence-electron chi connectivity index (χ0n) is 13.2.